The number of hydrogen-bond acceptors (Lipinski definition) is 3. The molecule has 3 aliphatic heterocycles. The third kappa shape index (κ3) is 1.77. The summed E-state index contributed by atoms with van der Waals surface area (Å²) in [6.45, 7) is 2.13. The molecule has 4 heterocycles. The highest BCUT2D eigenvalue weighted by Crippen LogP contribution is 2.36. The zero-order valence-electron chi connectivity index (χ0n) is 10.7. The van der Waals surface area contributed by atoms with Crippen LogP contribution in [0.2, 0.25) is 0 Å². The van der Waals surface area contributed by atoms with Crippen molar-refractivity contribution in [3.8, 4) is 0 Å². The second kappa shape index (κ2) is 4.14. The van der Waals surface area contributed by atoms with Crippen LogP contribution in [-0.2, 0) is 0 Å². The molecule has 2 bridgehead atoms. The molecule has 3 saturated heterocycles. The Morgan fingerprint density at radius 2 is 2.00 bits per heavy atom. The molecule has 1 atom stereocenters. The van der Waals surface area contributed by atoms with Crippen LogP contribution in [0.1, 0.15) is 18.6 Å². The summed E-state index contributed by atoms with van der Waals surface area (Å²) in [5, 5.41) is 11.5. The smallest absolute Gasteiger partial charge is 0.134 e. The first-order valence-corrected chi connectivity index (χ1v) is 6.94. The Morgan fingerprint density at radius 1 is 1.21 bits per heavy atom. The number of benzene rings is 1. The molecule has 3 heteroatoms. The molecule has 3 nitrogen and oxygen atoms in total. The predicted molar refractivity (Wildman–Crippen MR) is 74.5 cm³/mol. The topological polar surface area (TPSA) is 36.6 Å². The molecule has 0 saturated carbocycles. The SMILES string of the molecule is O[C@@H]1/C(=C/c2cc3ccccc3o2)N2CCC1CC2. The van der Waals surface area contributed by atoms with Gasteiger partial charge in [-0.1, -0.05) is 18.2 Å². The maximum Gasteiger partial charge on any atom is 0.134 e. The molecule has 0 aliphatic carbocycles. The van der Waals surface area contributed by atoms with Gasteiger partial charge in [0.2, 0.25) is 0 Å². The van der Waals surface area contributed by atoms with Gasteiger partial charge in [-0.2, -0.15) is 0 Å². The number of aliphatic hydroxyl groups excluding tert-OH is 1. The highest BCUT2D eigenvalue weighted by molar-refractivity contribution is 5.79. The molecule has 0 radical (unpaired) electrons. The monoisotopic (exact) mass is 255 g/mol. The van der Waals surface area contributed by atoms with Crippen molar-refractivity contribution >= 4 is 17.0 Å². The molecule has 0 spiro atoms. The molecule has 19 heavy (non-hydrogen) atoms. The zero-order valence-corrected chi connectivity index (χ0v) is 10.7. The predicted octanol–water partition coefficient (Wildman–Crippen LogP) is 2.86. The van der Waals surface area contributed by atoms with E-state index < -0.39 is 0 Å². The lowest BCUT2D eigenvalue weighted by Crippen LogP contribution is -2.48. The molecule has 0 unspecified atom stereocenters. The van der Waals surface area contributed by atoms with Crippen molar-refractivity contribution < 1.29 is 9.52 Å². The quantitative estimate of drug-likeness (QED) is 0.851. The maximum absolute atomic E-state index is 10.3. The van der Waals surface area contributed by atoms with Crippen LogP contribution in [0.3, 0.4) is 0 Å². The minimum Gasteiger partial charge on any atom is -0.457 e. The van der Waals surface area contributed by atoms with Crippen molar-refractivity contribution in [2.75, 3.05) is 13.1 Å². The largest absolute Gasteiger partial charge is 0.457 e. The Hall–Kier alpha value is -1.74. The standard InChI is InChI=1S/C16H17NO2/c18-16-11-5-7-17(8-6-11)14(16)10-13-9-12-3-1-2-4-15(12)19-13/h1-4,9-11,16,18H,5-8H2/b14-10-/t16-/m0/s1. The molecule has 5 rings (SSSR count). The number of para-hydroxylation sites is 1. The van der Waals surface area contributed by atoms with Crippen molar-refractivity contribution in [1.82, 2.24) is 4.90 Å². The average Bonchev–Trinajstić information content (AvgIpc) is 2.85. The summed E-state index contributed by atoms with van der Waals surface area (Å²) in [6, 6.07) is 10.0. The van der Waals surface area contributed by atoms with Crippen LogP contribution in [-0.4, -0.2) is 29.2 Å². The van der Waals surface area contributed by atoms with Crippen molar-refractivity contribution in [1.29, 1.82) is 0 Å². The Balaban J connectivity index is 1.74. The molecule has 3 aliphatic rings. The molecule has 0 amide bonds. The van der Waals surface area contributed by atoms with Crippen molar-refractivity contribution in [3.63, 3.8) is 0 Å². The van der Waals surface area contributed by atoms with Gasteiger partial charge in [0.05, 0.1) is 6.10 Å². The summed E-state index contributed by atoms with van der Waals surface area (Å²) < 4.78 is 5.81. The van der Waals surface area contributed by atoms with Gasteiger partial charge in [0.15, 0.2) is 0 Å². The number of furan rings is 1. The zero-order chi connectivity index (χ0) is 12.8. The van der Waals surface area contributed by atoms with Crippen molar-refractivity contribution in [3.05, 3.63) is 41.8 Å². The lowest BCUT2D eigenvalue weighted by atomic mass is 9.83. The molecule has 1 aromatic carbocycles. The first kappa shape index (κ1) is 11.1. The van der Waals surface area contributed by atoms with E-state index in [9.17, 15) is 5.11 Å². The van der Waals surface area contributed by atoms with Gasteiger partial charge < -0.3 is 14.4 Å². The Bertz CT molecular complexity index is 598. The van der Waals surface area contributed by atoms with Gasteiger partial charge >= 0.3 is 0 Å². The Labute approximate surface area is 112 Å². The van der Waals surface area contributed by atoms with E-state index in [4.69, 9.17) is 4.42 Å². The van der Waals surface area contributed by atoms with Crippen LogP contribution in [0.25, 0.3) is 17.0 Å². The molecule has 2 aromatic rings. The molecule has 3 fully saturated rings. The van der Waals surface area contributed by atoms with E-state index in [2.05, 4.69) is 4.90 Å². The summed E-state index contributed by atoms with van der Waals surface area (Å²) in [4.78, 5) is 2.29. The van der Waals surface area contributed by atoms with Crippen molar-refractivity contribution in [2.45, 2.75) is 18.9 Å². The van der Waals surface area contributed by atoms with Gasteiger partial charge in [0, 0.05) is 30.2 Å². The lowest BCUT2D eigenvalue weighted by Gasteiger charge is -2.45. The summed E-state index contributed by atoms with van der Waals surface area (Å²) in [7, 11) is 0. The van der Waals surface area contributed by atoms with E-state index in [1.54, 1.807) is 0 Å². The number of fused-ring (bicyclic) bond motifs is 4. The highest BCUT2D eigenvalue weighted by atomic mass is 16.3. The number of aliphatic hydroxyl groups is 1. The second-order valence-corrected chi connectivity index (χ2v) is 5.53. The summed E-state index contributed by atoms with van der Waals surface area (Å²) in [5.74, 6) is 1.27. The molecular formula is C16H17NO2. The van der Waals surface area contributed by atoms with Gasteiger partial charge in [-0.05, 0) is 30.9 Å². The van der Waals surface area contributed by atoms with Crippen LogP contribution in [0.5, 0.6) is 0 Å². The van der Waals surface area contributed by atoms with Gasteiger partial charge in [-0.3, -0.25) is 0 Å². The first-order chi connectivity index (χ1) is 9.31. The fourth-order valence-electron chi connectivity index (χ4n) is 3.30. The van der Waals surface area contributed by atoms with E-state index in [0.717, 1.165) is 48.4 Å². The van der Waals surface area contributed by atoms with E-state index in [1.807, 2.05) is 36.4 Å². The fourth-order valence-corrected chi connectivity index (χ4v) is 3.30. The number of rotatable bonds is 1. The van der Waals surface area contributed by atoms with Gasteiger partial charge in [0.25, 0.3) is 0 Å². The van der Waals surface area contributed by atoms with Gasteiger partial charge in [0.1, 0.15) is 11.3 Å². The second-order valence-electron chi connectivity index (χ2n) is 5.53. The van der Waals surface area contributed by atoms with Crippen LogP contribution < -0.4 is 0 Å². The third-order valence-corrected chi connectivity index (χ3v) is 4.39. The van der Waals surface area contributed by atoms with E-state index in [-0.39, 0.29) is 6.10 Å². The third-order valence-electron chi connectivity index (χ3n) is 4.39. The number of piperidine rings is 3. The van der Waals surface area contributed by atoms with E-state index >= 15 is 0 Å². The van der Waals surface area contributed by atoms with Gasteiger partial charge in [-0.15, -0.1) is 0 Å². The maximum atomic E-state index is 10.3. The Morgan fingerprint density at radius 3 is 2.74 bits per heavy atom. The minimum absolute atomic E-state index is 0.323. The van der Waals surface area contributed by atoms with E-state index in [0.29, 0.717) is 5.92 Å². The summed E-state index contributed by atoms with van der Waals surface area (Å²) >= 11 is 0. The Kier molecular flexibility index (Phi) is 2.42. The molecule has 98 valence electrons. The van der Waals surface area contributed by atoms with E-state index in [1.165, 1.54) is 0 Å². The molecular weight excluding hydrogens is 238 g/mol. The van der Waals surface area contributed by atoms with Crippen molar-refractivity contribution in [2.24, 2.45) is 5.92 Å². The number of hydrogen-bond donors (Lipinski definition) is 1. The first-order valence-electron chi connectivity index (χ1n) is 6.94. The van der Waals surface area contributed by atoms with Gasteiger partial charge in [-0.25, -0.2) is 0 Å². The summed E-state index contributed by atoms with van der Waals surface area (Å²) in [5.41, 5.74) is 1.93. The van der Waals surface area contributed by atoms with Crippen LogP contribution in [0.4, 0.5) is 0 Å². The van der Waals surface area contributed by atoms with Crippen LogP contribution >= 0.6 is 0 Å². The average molecular weight is 255 g/mol. The summed E-state index contributed by atoms with van der Waals surface area (Å²) in [6.07, 6.45) is 3.91. The minimum atomic E-state index is -0.323. The van der Waals surface area contributed by atoms with Crippen LogP contribution in [0, 0.1) is 5.92 Å². The normalized spacial score (nSPS) is 28.5. The lowest BCUT2D eigenvalue weighted by molar-refractivity contribution is 0.0214. The highest BCUT2D eigenvalue weighted by Gasteiger charge is 2.36. The van der Waals surface area contributed by atoms with Crippen LogP contribution in [0.15, 0.2) is 40.4 Å². The number of nitrogens with zero attached hydrogens (tertiary/aromatic N) is 1. The fraction of sp³-hybridized carbons (Fsp3) is 0.375. The molecule has 1 N–H and O–H groups in total. The molecule has 1 aromatic heterocycles.